The van der Waals surface area contributed by atoms with Gasteiger partial charge >= 0.3 is 6.18 Å². The predicted molar refractivity (Wildman–Crippen MR) is 232 cm³/mol. The zero-order chi connectivity index (χ0) is 42.3. The van der Waals surface area contributed by atoms with Crippen LogP contribution in [-0.2, 0) is 6.18 Å². The third kappa shape index (κ3) is 6.08. The molecule has 61 heavy (non-hydrogen) atoms. The largest absolute Gasteiger partial charge is 0.417 e. The molecule has 0 spiro atoms. The number of halogens is 3. The highest BCUT2D eigenvalue weighted by Crippen LogP contribution is 2.46. The lowest BCUT2D eigenvalue weighted by Gasteiger charge is -2.23. The minimum atomic E-state index is -4.68. The molecule has 0 aliphatic carbocycles. The molecule has 9 nitrogen and oxygen atoms in total. The Balaban J connectivity index is 1.32. The topological polar surface area (TPSA) is 111 Å². The molecule has 0 atom stereocenters. The second kappa shape index (κ2) is 13.9. The summed E-state index contributed by atoms with van der Waals surface area (Å²) in [5.74, 6) is 3.44. The number of nitriles is 1. The van der Waals surface area contributed by atoms with Crippen LogP contribution in [0.4, 0.5) is 13.2 Å². The third-order valence-electron chi connectivity index (χ3n) is 11.2. The first-order valence-corrected chi connectivity index (χ1v) is 19.6. The Morgan fingerprint density at radius 1 is 0.508 bits per heavy atom. The molecule has 0 saturated carbocycles. The number of fused-ring (bicyclic) bond motifs is 6. The standard InChI is InChI=1S/C49H34F3N9/c1-26-11-10-14-39(49(50,51)52)45(26)35-19-22-44(60-40-15-8-6-12-33(40)36-23-31(17-20-42(36)60)47-56-27(2)54-28(3)57-47)38(25-53)46(35)61-41-16-9-7-13-34(41)37-24-32(18-21-43(37)61)48-58-29(4)55-30(5)59-48/h6-24H,1-5H3. The number of benzene rings is 6. The summed E-state index contributed by atoms with van der Waals surface area (Å²) in [6.07, 6.45) is -4.68. The molecule has 10 rings (SSSR count). The number of hydrogen-bond acceptors (Lipinski definition) is 7. The van der Waals surface area contributed by atoms with Crippen molar-refractivity contribution < 1.29 is 13.2 Å². The van der Waals surface area contributed by atoms with Crippen LogP contribution < -0.4 is 0 Å². The molecule has 0 saturated heterocycles. The van der Waals surface area contributed by atoms with Crippen molar-refractivity contribution in [3.8, 4) is 51.3 Å². The first-order chi connectivity index (χ1) is 29.4. The van der Waals surface area contributed by atoms with E-state index in [4.69, 9.17) is 0 Å². The van der Waals surface area contributed by atoms with Gasteiger partial charge in [0.2, 0.25) is 0 Å². The van der Waals surface area contributed by atoms with E-state index in [9.17, 15) is 5.26 Å². The number of aromatic nitrogens is 8. The Labute approximate surface area is 347 Å². The van der Waals surface area contributed by atoms with Gasteiger partial charge in [-0.25, -0.2) is 29.9 Å². The molecule has 0 bridgehead atoms. The van der Waals surface area contributed by atoms with Gasteiger partial charge in [-0.05, 0) is 106 Å². The zero-order valence-electron chi connectivity index (χ0n) is 33.6. The number of nitrogens with zero attached hydrogens (tertiary/aromatic N) is 9. The van der Waals surface area contributed by atoms with Crippen LogP contribution in [0.1, 0.15) is 40.0 Å². The SMILES string of the molecule is Cc1nc(C)nc(-c2ccc3c(c2)c2ccccc2n3-c2ccc(-c3c(C)cccc3C(F)(F)F)c(-n3c4ccccc4c4cc(-c5nc(C)nc(C)n5)ccc43)c2C#N)n1. The van der Waals surface area contributed by atoms with E-state index in [1.54, 1.807) is 25.1 Å². The Kier molecular flexibility index (Phi) is 8.55. The number of alkyl halides is 3. The van der Waals surface area contributed by atoms with Gasteiger partial charge in [0.25, 0.3) is 0 Å². The van der Waals surface area contributed by atoms with Crippen LogP contribution in [0, 0.1) is 45.9 Å². The quantitative estimate of drug-likeness (QED) is 0.170. The van der Waals surface area contributed by atoms with Crippen LogP contribution in [0.3, 0.4) is 0 Å². The molecule has 0 unspecified atom stereocenters. The fourth-order valence-electron chi connectivity index (χ4n) is 8.79. The molecule has 0 radical (unpaired) electrons. The molecular weight excluding hydrogens is 772 g/mol. The highest BCUT2D eigenvalue weighted by atomic mass is 19.4. The van der Waals surface area contributed by atoms with Crippen molar-refractivity contribution in [2.45, 2.75) is 40.8 Å². The Morgan fingerprint density at radius 2 is 1.00 bits per heavy atom. The Morgan fingerprint density at radius 3 is 1.52 bits per heavy atom. The molecule has 6 aromatic carbocycles. The van der Waals surface area contributed by atoms with Gasteiger partial charge in [0, 0.05) is 38.2 Å². The van der Waals surface area contributed by atoms with Crippen LogP contribution >= 0.6 is 0 Å². The van der Waals surface area contributed by atoms with Crippen molar-refractivity contribution in [1.29, 1.82) is 5.26 Å². The van der Waals surface area contributed by atoms with E-state index < -0.39 is 11.7 Å². The summed E-state index contributed by atoms with van der Waals surface area (Å²) in [4.78, 5) is 27.1. The average molecular weight is 806 g/mol. The predicted octanol–water partition coefficient (Wildman–Crippen LogP) is 11.7. The first kappa shape index (κ1) is 37.5. The van der Waals surface area contributed by atoms with Crippen molar-refractivity contribution in [1.82, 2.24) is 39.0 Å². The van der Waals surface area contributed by atoms with Crippen LogP contribution in [0.15, 0.2) is 115 Å². The number of aryl methyl sites for hydroxylation is 5. The summed E-state index contributed by atoms with van der Waals surface area (Å²) in [5.41, 5.74) is 5.49. The minimum absolute atomic E-state index is 0.00143. The van der Waals surface area contributed by atoms with Gasteiger partial charge < -0.3 is 9.13 Å². The molecule has 10 aromatic rings. The summed E-state index contributed by atoms with van der Waals surface area (Å²) in [7, 11) is 0. The van der Waals surface area contributed by atoms with Gasteiger partial charge in [-0.3, -0.25) is 0 Å². The molecule has 4 aromatic heterocycles. The number of para-hydroxylation sites is 2. The Bertz CT molecular complexity index is 3460. The lowest BCUT2D eigenvalue weighted by Crippen LogP contribution is -2.11. The summed E-state index contributed by atoms with van der Waals surface area (Å²) in [6.45, 7) is 8.96. The molecular formula is C49H34F3N9. The van der Waals surface area contributed by atoms with Crippen molar-refractivity contribution >= 4 is 43.6 Å². The molecule has 0 N–H and O–H groups in total. The van der Waals surface area contributed by atoms with E-state index in [-0.39, 0.29) is 16.7 Å². The maximum atomic E-state index is 15.1. The highest BCUT2D eigenvalue weighted by molar-refractivity contribution is 6.13. The number of rotatable bonds is 5. The molecule has 0 fully saturated rings. The van der Waals surface area contributed by atoms with Gasteiger partial charge in [-0.1, -0.05) is 54.6 Å². The summed E-state index contributed by atoms with van der Waals surface area (Å²) >= 11 is 0. The summed E-state index contributed by atoms with van der Waals surface area (Å²) < 4.78 is 49.2. The molecule has 4 heterocycles. The van der Waals surface area contributed by atoms with E-state index in [2.05, 4.69) is 36.0 Å². The monoisotopic (exact) mass is 805 g/mol. The molecule has 0 amide bonds. The van der Waals surface area contributed by atoms with Gasteiger partial charge in [-0.2, -0.15) is 18.4 Å². The smallest absolute Gasteiger partial charge is 0.308 e. The van der Waals surface area contributed by atoms with Gasteiger partial charge in [0.15, 0.2) is 11.6 Å². The molecule has 296 valence electrons. The van der Waals surface area contributed by atoms with Crippen molar-refractivity contribution in [2.24, 2.45) is 0 Å². The second-order valence-electron chi connectivity index (χ2n) is 15.1. The van der Waals surface area contributed by atoms with Crippen molar-refractivity contribution in [2.75, 3.05) is 0 Å². The summed E-state index contributed by atoms with van der Waals surface area (Å²) in [6, 6.07) is 37.6. The maximum absolute atomic E-state index is 15.1. The van der Waals surface area contributed by atoms with Gasteiger partial charge in [0.05, 0.1) is 39.0 Å². The summed E-state index contributed by atoms with van der Waals surface area (Å²) in [5, 5.41) is 15.0. The molecule has 0 aliphatic heterocycles. The van der Waals surface area contributed by atoms with E-state index in [1.807, 2.05) is 122 Å². The van der Waals surface area contributed by atoms with Crippen LogP contribution in [0.2, 0.25) is 0 Å². The normalized spacial score (nSPS) is 11.9. The highest BCUT2D eigenvalue weighted by Gasteiger charge is 2.36. The second-order valence-corrected chi connectivity index (χ2v) is 15.1. The lowest BCUT2D eigenvalue weighted by atomic mass is 9.91. The van der Waals surface area contributed by atoms with Crippen LogP contribution in [0.25, 0.3) is 88.9 Å². The van der Waals surface area contributed by atoms with Crippen molar-refractivity contribution in [3.63, 3.8) is 0 Å². The van der Waals surface area contributed by atoms with Gasteiger partial charge in [0.1, 0.15) is 34.9 Å². The zero-order valence-corrected chi connectivity index (χ0v) is 33.6. The third-order valence-corrected chi connectivity index (χ3v) is 11.2. The fraction of sp³-hybridized carbons (Fsp3) is 0.122. The van der Waals surface area contributed by atoms with Crippen molar-refractivity contribution in [3.05, 3.63) is 155 Å². The average Bonchev–Trinajstić information content (AvgIpc) is 3.74. The lowest BCUT2D eigenvalue weighted by molar-refractivity contribution is -0.137. The maximum Gasteiger partial charge on any atom is 0.417 e. The van der Waals surface area contributed by atoms with E-state index in [0.717, 1.165) is 49.8 Å². The number of hydrogen-bond donors (Lipinski definition) is 0. The van der Waals surface area contributed by atoms with Gasteiger partial charge in [-0.15, -0.1) is 0 Å². The van der Waals surface area contributed by atoms with Crippen LogP contribution in [-0.4, -0.2) is 39.0 Å². The van der Waals surface area contributed by atoms with E-state index in [1.165, 1.54) is 6.07 Å². The van der Waals surface area contributed by atoms with Crippen LogP contribution in [0.5, 0.6) is 0 Å². The molecule has 0 aliphatic rings. The van der Waals surface area contributed by atoms with E-state index in [0.29, 0.717) is 62.9 Å². The minimum Gasteiger partial charge on any atom is -0.308 e. The van der Waals surface area contributed by atoms with E-state index >= 15 is 13.2 Å². The Hall–Kier alpha value is -7.78. The first-order valence-electron chi connectivity index (χ1n) is 19.6. The molecule has 12 heteroatoms. The fourth-order valence-corrected chi connectivity index (χ4v) is 8.79.